The van der Waals surface area contributed by atoms with Gasteiger partial charge in [-0.1, -0.05) is 11.6 Å². The van der Waals surface area contributed by atoms with Crippen LogP contribution in [0.2, 0.25) is 0 Å². The number of nitrogens with one attached hydrogen (secondary N) is 2. The van der Waals surface area contributed by atoms with E-state index < -0.39 is 24.7 Å². The van der Waals surface area contributed by atoms with Crippen molar-refractivity contribution in [2.75, 3.05) is 25.5 Å². The molecule has 0 bridgehead atoms. The van der Waals surface area contributed by atoms with Crippen LogP contribution in [0.25, 0.3) is 0 Å². The molecule has 2 N–H and O–H groups in total. The average Bonchev–Trinajstić information content (AvgIpc) is 2.79. The largest absolute Gasteiger partial charge is 0.406 e. The maximum absolute atomic E-state index is 12.4. The van der Waals surface area contributed by atoms with Crippen molar-refractivity contribution in [2.45, 2.75) is 25.6 Å². The van der Waals surface area contributed by atoms with Crippen molar-refractivity contribution in [2.24, 2.45) is 0 Å². The van der Waals surface area contributed by atoms with Crippen molar-refractivity contribution in [3.05, 3.63) is 29.3 Å². The molecule has 126 valence electrons. The van der Waals surface area contributed by atoms with E-state index in [0.717, 1.165) is 10.5 Å². The summed E-state index contributed by atoms with van der Waals surface area (Å²) in [5, 5.41) is 5.40. The number of hydrogen-bond acceptors (Lipinski definition) is 3. The summed E-state index contributed by atoms with van der Waals surface area (Å²) in [7, 11) is 1.49. The number of alkyl halides is 3. The number of anilines is 1. The second kappa shape index (κ2) is 6.47. The molecule has 1 unspecified atom stereocenters. The van der Waals surface area contributed by atoms with Gasteiger partial charge >= 0.3 is 6.18 Å². The molecule has 1 aliphatic heterocycles. The van der Waals surface area contributed by atoms with Crippen LogP contribution in [0.1, 0.15) is 22.3 Å². The summed E-state index contributed by atoms with van der Waals surface area (Å²) in [4.78, 5) is 24.7. The van der Waals surface area contributed by atoms with Gasteiger partial charge in [0.25, 0.3) is 5.91 Å². The minimum Gasteiger partial charge on any atom is -0.373 e. The molecular weight excluding hydrogens is 311 g/mol. The summed E-state index contributed by atoms with van der Waals surface area (Å²) in [6, 6.07) is 4.32. The normalized spacial score (nSPS) is 18.2. The molecule has 0 aliphatic carbocycles. The topological polar surface area (TPSA) is 61.4 Å². The molecule has 2 rings (SSSR count). The third-order valence-electron chi connectivity index (χ3n) is 3.64. The first kappa shape index (κ1) is 17.1. The highest BCUT2D eigenvalue weighted by atomic mass is 19.4. The predicted molar refractivity (Wildman–Crippen MR) is 79.2 cm³/mol. The number of carbonyl (C=O) groups excluding carboxylic acids is 2. The fourth-order valence-electron chi connectivity index (χ4n) is 2.54. The lowest BCUT2D eigenvalue weighted by molar-refractivity contribution is -0.157. The van der Waals surface area contributed by atoms with E-state index in [1.807, 2.05) is 6.92 Å². The van der Waals surface area contributed by atoms with Crippen LogP contribution in [0, 0.1) is 6.92 Å². The summed E-state index contributed by atoms with van der Waals surface area (Å²) >= 11 is 0. The smallest absolute Gasteiger partial charge is 0.373 e. The molecule has 0 aromatic heterocycles. The van der Waals surface area contributed by atoms with Gasteiger partial charge in [0.05, 0.1) is 5.56 Å². The van der Waals surface area contributed by atoms with Gasteiger partial charge in [-0.15, -0.1) is 0 Å². The van der Waals surface area contributed by atoms with Gasteiger partial charge in [-0.3, -0.25) is 9.59 Å². The molecule has 1 heterocycles. The molecule has 1 saturated heterocycles. The van der Waals surface area contributed by atoms with Gasteiger partial charge in [0.15, 0.2) is 0 Å². The Balaban J connectivity index is 2.14. The zero-order valence-electron chi connectivity index (χ0n) is 12.8. The first-order valence-corrected chi connectivity index (χ1v) is 7.16. The second-order valence-electron chi connectivity index (χ2n) is 5.49. The Hall–Kier alpha value is -2.25. The molecule has 2 amide bonds. The molecule has 1 atom stereocenters. The van der Waals surface area contributed by atoms with Gasteiger partial charge in [-0.25, -0.2) is 0 Å². The van der Waals surface area contributed by atoms with Crippen LogP contribution in [0.3, 0.4) is 0 Å². The maximum atomic E-state index is 12.4. The summed E-state index contributed by atoms with van der Waals surface area (Å²) in [6.07, 6.45) is -4.16. The molecule has 5 nitrogen and oxygen atoms in total. The SMILES string of the molecule is CNC(=O)c1cc(C)ccc1NC1CCN(CC(F)(F)F)C1=O. The van der Waals surface area contributed by atoms with Crippen molar-refractivity contribution in [1.82, 2.24) is 10.2 Å². The van der Waals surface area contributed by atoms with Gasteiger partial charge in [0, 0.05) is 19.3 Å². The number of carbonyl (C=O) groups is 2. The van der Waals surface area contributed by atoms with Crippen molar-refractivity contribution in [3.63, 3.8) is 0 Å². The molecule has 23 heavy (non-hydrogen) atoms. The molecule has 0 spiro atoms. The van der Waals surface area contributed by atoms with E-state index >= 15 is 0 Å². The molecule has 1 aromatic rings. The Bertz CT molecular complexity index is 616. The quantitative estimate of drug-likeness (QED) is 0.887. The number of amides is 2. The lowest BCUT2D eigenvalue weighted by atomic mass is 10.1. The molecule has 1 aromatic carbocycles. The average molecular weight is 329 g/mol. The van der Waals surface area contributed by atoms with Gasteiger partial charge in [0.2, 0.25) is 5.91 Å². The van der Waals surface area contributed by atoms with Crippen LogP contribution in [0.5, 0.6) is 0 Å². The van der Waals surface area contributed by atoms with Crippen LogP contribution in [-0.4, -0.2) is 49.1 Å². The predicted octanol–water partition coefficient (Wildman–Crippen LogP) is 1.93. The van der Waals surface area contributed by atoms with E-state index in [-0.39, 0.29) is 18.9 Å². The first-order valence-electron chi connectivity index (χ1n) is 7.16. The zero-order valence-corrected chi connectivity index (χ0v) is 12.8. The lowest BCUT2D eigenvalue weighted by Gasteiger charge is -2.20. The highest BCUT2D eigenvalue weighted by molar-refractivity contribution is 6.00. The van der Waals surface area contributed by atoms with E-state index in [2.05, 4.69) is 10.6 Å². The van der Waals surface area contributed by atoms with E-state index in [1.54, 1.807) is 18.2 Å². The van der Waals surface area contributed by atoms with Crippen LogP contribution < -0.4 is 10.6 Å². The monoisotopic (exact) mass is 329 g/mol. The highest BCUT2D eigenvalue weighted by Crippen LogP contribution is 2.25. The van der Waals surface area contributed by atoms with E-state index in [1.165, 1.54) is 7.05 Å². The molecule has 0 radical (unpaired) electrons. The van der Waals surface area contributed by atoms with E-state index in [4.69, 9.17) is 0 Å². The van der Waals surface area contributed by atoms with Gasteiger partial charge in [-0.05, 0) is 25.5 Å². The van der Waals surface area contributed by atoms with Crippen LogP contribution >= 0.6 is 0 Å². The number of likely N-dealkylation sites (tertiary alicyclic amines) is 1. The molecular formula is C15H18F3N3O2. The third-order valence-corrected chi connectivity index (χ3v) is 3.64. The van der Waals surface area contributed by atoms with Crippen molar-refractivity contribution in [3.8, 4) is 0 Å². The van der Waals surface area contributed by atoms with Crippen LogP contribution in [-0.2, 0) is 4.79 Å². The van der Waals surface area contributed by atoms with Crippen molar-refractivity contribution in [1.29, 1.82) is 0 Å². The Morgan fingerprint density at radius 1 is 1.39 bits per heavy atom. The fraction of sp³-hybridized carbons (Fsp3) is 0.467. The Morgan fingerprint density at radius 2 is 2.09 bits per heavy atom. The summed E-state index contributed by atoms with van der Waals surface area (Å²) in [6.45, 7) is 0.611. The zero-order chi connectivity index (χ0) is 17.2. The number of halogens is 3. The summed E-state index contributed by atoms with van der Waals surface area (Å²) < 4.78 is 37.3. The fourth-order valence-corrected chi connectivity index (χ4v) is 2.54. The first-order chi connectivity index (χ1) is 10.7. The van der Waals surface area contributed by atoms with Crippen molar-refractivity contribution >= 4 is 17.5 Å². The minimum atomic E-state index is -4.42. The van der Waals surface area contributed by atoms with Gasteiger partial charge in [0.1, 0.15) is 12.6 Å². The number of hydrogen-bond donors (Lipinski definition) is 2. The van der Waals surface area contributed by atoms with E-state index in [0.29, 0.717) is 11.3 Å². The highest BCUT2D eigenvalue weighted by Gasteiger charge is 2.39. The van der Waals surface area contributed by atoms with E-state index in [9.17, 15) is 22.8 Å². The Labute approximate surface area is 131 Å². The number of aryl methyl sites for hydroxylation is 1. The van der Waals surface area contributed by atoms with Gasteiger partial charge < -0.3 is 15.5 Å². The Morgan fingerprint density at radius 3 is 2.70 bits per heavy atom. The standard InChI is InChI=1S/C15H18F3N3O2/c1-9-3-4-11(10(7-9)13(22)19-2)20-12-5-6-21(14(12)23)8-15(16,17)18/h3-4,7,12,20H,5-6,8H2,1-2H3,(H,19,22). The number of nitrogens with zero attached hydrogens (tertiary/aromatic N) is 1. The molecule has 1 aliphatic rings. The van der Waals surface area contributed by atoms with Crippen molar-refractivity contribution < 1.29 is 22.8 Å². The van der Waals surface area contributed by atoms with Gasteiger partial charge in [-0.2, -0.15) is 13.2 Å². The maximum Gasteiger partial charge on any atom is 0.406 e. The van der Waals surface area contributed by atoms with Crippen LogP contribution in [0.4, 0.5) is 18.9 Å². The Kier molecular flexibility index (Phi) is 4.82. The second-order valence-corrected chi connectivity index (χ2v) is 5.49. The molecule has 0 saturated carbocycles. The number of benzene rings is 1. The van der Waals surface area contributed by atoms with Crippen LogP contribution in [0.15, 0.2) is 18.2 Å². The summed E-state index contributed by atoms with van der Waals surface area (Å²) in [5.41, 5.74) is 1.65. The molecule has 8 heteroatoms. The minimum absolute atomic E-state index is 0.0389. The molecule has 1 fully saturated rings. The number of rotatable bonds is 4. The summed E-state index contributed by atoms with van der Waals surface area (Å²) in [5.74, 6) is -0.931. The third kappa shape index (κ3) is 4.14. The lowest BCUT2D eigenvalue weighted by Crippen LogP contribution is -2.39.